The summed E-state index contributed by atoms with van der Waals surface area (Å²) >= 11 is 1.70. The molecule has 0 spiro atoms. The number of nitrogens with zero attached hydrogens (tertiary/aromatic N) is 2. The number of thioether (sulfide) groups is 1. The average molecular weight is 278 g/mol. The van der Waals surface area contributed by atoms with Crippen molar-refractivity contribution >= 4 is 11.8 Å². The highest BCUT2D eigenvalue weighted by molar-refractivity contribution is 7.99. The minimum absolute atomic E-state index is 0.856. The fourth-order valence-electron chi connectivity index (χ4n) is 1.37. The lowest BCUT2D eigenvalue weighted by Gasteiger charge is -2.01. The standard InChI is InChI=1S/C13H14N2S.CH4O2/c1-11-3-5-12(6-4-11)7-10-16-13-14-8-2-9-15-13;1-3-2/h2-6,8-9H,7,10H2,1H3;2H,1H3. The van der Waals surface area contributed by atoms with Crippen LogP contribution in [-0.2, 0) is 11.3 Å². The Labute approximate surface area is 117 Å². The van der Waals surface area contributed by atoms with Gasteiger partial charge in [0, 0.05) is 18.1 Å². The highest BCUT2D eigenvalue weighted by atomic mass is 32.2. The summed E-state index contributed by atoms with van der Waals surface area (Å²) in [5.41, 5.74) is 2.68. The van der Waals surface area contributed by atoms with E-state index < -0.39 is 0 Å². The molecule has 0 bridgehead atoms. The lowest BCUT2D eigenvalue weighted by molar-refractivity contribution is -0.214. The molecule has 0 amide bonds. The van der Waals surface area contributed by atoms with E-state index >= 15 is 0 Å². The second-order valence-corrected chi connectivity index (χ2v) is 4.86. The SMILES string of the molecule is COO.Cc1ccc(CCSc2ncccn2)cc1. The van der Waals surface area contributed by atoms with Crippen LogP contribution in [0.1, 0.15) is 11.1 Å². The monoisotopic (exact) mass is 278 g/mol. The molecule has 5 heteroatoms. The third-order valence-electron chi connectivity index (χ3n) is 2.28. The van der Waals surface area contributed by atoms with Gasteiger partial charge in [-0.15, -0.1) is 0 Å². The van der Waals surface area contributed by atoms with E-state index in [9.17, 15) is 0 Å². The predicted molar refractivity (Wildman–Crippen MR) is 77.3 cm³/mol. The molecule has 0 aliphatic heterocycles. The van der Waals surface area contributed by atoms with Crippen molar-refractivity contribution in [2.24, 2.45) is 0 Å². The number of aryl methyl sites for hydroxylation is 2. The van der Waals surface area contributed by atoms with E-state index in [-0.39, 0.29) is 0 Å². The zero-order chi connectivity index (χ0) is 13.9. The van der Waals surface area contributed by atoms with E-state index in [0.717, 1.165) is 17.3 Å². The van der Waals surface area contributed by atoms with Crippen molar-refractivity contribution in [1.29, 1.82) is 0 Å². The molecule has 2 rings (SSSR count). The van der Waals surface area contributed by atoms with Gasteiger partial charge in [0.2, 0.25) is 0 Å². The van der Waals surface area contributed by atoms with Crippen LogP contribution in [0.3, 0.4) is 0 Å². The lowest BCUT2D eigenvalue weighted by atomic mass is 10.1. The Morgan fingerprint density at radius 3 is 2.32 bits per heavy atom. The van der Waals surface area contributed by atoms with Gasteiger partial charge < -0.3 is 0 Å². The fourth-order valence-corrected chi connectivity index (χ4v) is 2.17. The lowest BCUT2D eigenvalue weighted by Crippen LogP contribution is -1.91. The summed E-state index contributed by atoms with van der Waals surface area (Å²) < 4.78 is 0. The van der Waals surface area contributed by atoms with Crippen LogP contribution in [0.25, 0.3) is 0 Å². The normalized spacial score (nSPS) is 9.63. The Morgan fingerprint density at radius 2 is 1.74 bits per heavy atom. The van der Waals surface area contributed by atoms with Gasteiger partial charge in [-0.1, -0.05) is 41.6 Å². The second-order valence-electron chi connectivity index (χ2n) is 3.80. The Morgan fingerprint density at radius 1 is 1.16 bits per heavy atom. The van der Waals surface area contributed by atoms with Gasteiger partial charge in [0.25, 0.3) is 0 Å². The quantitative estimate of drug-likeness (QED) is 0.403. The Bertz CT molecular complexity index is 449. The molecule has 2 aromatic rings. The van der Waals surface area contributed by atoms with Crippen molar-refractivity contribution < 1.29 is 10.1 Å². The van der Waals surface area contributed by atoms with Crippen molar-refractivity contribution in [2.45, 2.75) is 18.5 Å². The van der Waals surface area contributed by atoms with Crippen LogP contribution >= 0.6 is 11.8 Å². The maximum absolute atomic E-state index is 7.07. The first kappa shape index (κ1) is 15.6. The van der Waals surface area contributed by atoms with Gasteiger partial charge in [0.15, 0.2) is 5.16 Å². The Balaban J connectivity index is 0.000000550. The summed E-state index contributed by atoms with van der Waals surface area (Å²) in [4.78, 5) is 11.6. The molecule has 0 radical (unpaired) electrons. The Hall–Kier alpha value is -1.43. The summed E-state index contributed by atoms with van der Waals surface area (Å²) in [7, 11) is 1.18. The van der Waals surface area contributed by atoms with Crippen molar-refractivity contribution in [3.05, 3.63) is 53.9 Å². The first-order chi connectivity index (χ1) is 9.26. The molecule has 0 atom stereocenters. The molecule has 1 aromatic heterocycles. The largest absolute Gasteiger partial charge is 0.252 e. The molecule has 1 aromatic carbocycles. The van der Waals surface area contributed by atoms with Gasteiger partial charge in [-0.3, -0.25) is 5.26 Å². The zero-order valence-corrected chi connectivity index (χ0v) is 11.9. The molecule has 0 unspecified atom stereocenters. The van der Waals surface area contributed by atoms with Crippen LogP contribution in [0.5, 0.6) is 0 Å². The maximum Gasteiger partial charge on any atom is 0.187 e. The third kappa shape index (κ3) is 6.91. The smallest absolute Gasteiger partial charge is 0.187 e. The third-order valence-corrected chi connectivity index (χ3v) is 3.16. The van der Waals surface area contributed by atoms with E-state index in [2.05, 4.69) is 46.0 Å². The first-order valence-corrected chi connectivity index (χ1v) is 6.87. The van der Waals surface area contributed by atoms with Crippen LogP contribution in [-0.4, -0.2) is 28.1 Å². The van der Waals surface area contributed by atoms with E-state index in [0.29, 0.717) is 0 Å². The van der Waals surface area contributed by atoms with Crippen molar-refractivity contribution in [3.8, 4) is 0 Å². The second kappa shape index (κ2) is 9.49. The summed E-state index contributed by atoms with van der Waals surface area (Å²) in [6.07, 6.45) is 4.62. The van der Waals surface area contributed by atoms with Gasteiger partial charge in [-0.25, -0.2) is 14.9 Å². The molecule has 0 saturated carbocycles. The van der Waals surface area contributed by atoms with E-state index in [1.807, 2.05) is 6.07 Å². The van der Waals surface area contributed by atoms with Crippen molar-refractivity contribution in [2.75, 3.05) is 12.9 Å². The Kier molecular flexibility index (Phi) is 7.81. The molecule has 1 heterocycles. The molecule has 19 heavy (non-hydrogen) atoms. The average Bonchev–Trinajstić information content (AvgIpc) is 2.43. The maximum atomic E-state index is 7.07. The summed E-state index contributed by atoms with van der Waals surface area (Å²) in [5.74, 6) is 1.02. The minimum Gasteiger partial charge on any atom is -0.252 e. The predicted octanol–water partition coefficient (Wildman–Crippen LogP) is 3.23. The van der Waals surface area contributed by atoms with Crippen LogP contribution in [0.2, 0.25) is 0 Å². The topological polar surface area (TPSA) is 55.2 Å². The van der Waals surface area contributed by atoms with Gasteiger partial charge in [-0.2, -0.15) is 0 Å². The molecule has 102 valence electrons. The molecular weight excluding hydrogens is 260 g/mol. The number of benzene rings is 1. The molecule has 0 aliphatic rings. The van der Waals surface area contributed by atoms with Gasteiger partial charge in [-0.05, 0) is 25.0 Å². The fraction of sp³-hybridized carbons (Fsp3) is 0.286. The first-order valence-electron chi connectivity index (χ1n) is 5.89. The summed E-state index contributed by atoms with van der Waals surface area (Å²) in [5, 5.41) is 7.93. The number of hydrogen-bond acceptors (Lipinski definition) is 5. The van der Waals surface area contributed by atoms with Crippen molar-refractivity contribution in [1.82, 2.24) is 9.97 Å². The van der Waals surface area contributed by atoms with Crippen molar-refractivity contribution in [3.63, 3.8) is 0 Å². The summed E-state index contributed by atoms with van der Waals surface area (Å²) in [6.45, 7) is 2.11. The van der Waals surface area contributed by atoms with E-state index in [1.165, 1.54) is 18.2 Å². The van der Waals surface area contributed by atoms with Crippen LogP contribution < -0.4 is 0 Å². The zero-order valence-electron chi connectivity index (χ0n) is 11.1. The molecule has 0 saturated heterocycles. The number of hydrogen-bond donors (Lipinski definition) is 1. The molecule has 1 N–H and O–H groups in total. The van der Waals surface area contributed by atoms with Crippen LogP contribution in [0, 0.1) is 6.92 Å². The van der Waals surface area contributed by atoms with Crippen LogP contribution in [0.15, 0.2) is 47.9 Å². The van der Waals surface area contributed by atoms with Gasteiger partial charge >= 0.3 is 0 Å². The highest BCUT2D eigenvalue weighted by Crippen LogP contribution is 2.13. The van der Waals surface area contributed by atoms with Gasteiger partial charge in [0.1, 0.15) is 0 Å². The molecular formula is C14H18N2O2S. The van der Waals surface area contributed by atoms with Gasteiger partial charge in [0.05, 0.1) is 7.11 Å². The minimum atomic E-state index is 0.856. The summed E-state index contributed by atoms with van der Waals surface area (Å²) in [6, 6.07) is 10.5. The number of rotatable bonds is 4. The van der Waals surface area contributed by atoms with Crippen LogP contribution in [0.4, 0.5) is 0 Å². The van der Waals surface area contributed by atoms with E-state index in [4.69, 9.17) is 5.26 Å². The molecule has 0 aliphatic carbocycles. The number of aromatic nitrogens is 2. The molecule has 0 fully saturated rings. The molecule has 4 nitrogen and oxygen atoms in total. The highest BCUT2D eigenvalue weighted by Gasteiger charge is 1.97. The van der Waals surface area contributed by atoms with E-state index in [1.54, 1.807) is 24.2 Å².